The highest BCUT2D eigenvalue weighted by Gasteiger charge is 2.19. The predicted molar refractivity (Wildman–Crippen MR) is 91.7 cm³/mol. The molecule has 6 nitrogen and oxygen atoms in total. The number of aromatic nitrogens is 3. The van der Waals surface area contributed by atoms with Gasteiger partial charge in [-0.2, -0.15) is 0 Å². The van der Waals surface area contributed by atoms with Crippen molar-refractivity contribution < 1.29 is 4.74 Å². The van der Waals surface area contributed by atoms with E-state index in [1.807, 2.05) is 13.1 Å². The third-order valence-corrected chi connectivity index (χ3v) is 5.02. The molecule has 23 heavy (non-hydrogen) atoms. The molecule has 0 unspecified atom stereocenters. The van der Waals surface area contributed by atoms with E-state index < -0.39 is 0 Å². The molecule has 2 aromatic heterocycles. The van der Waals surface area contributed by atoms with Gasteiger partial charge in [-0.1, -0.05) is 0 Å². The Bertz CT molecular complexity index is 598. The van der Waals surface area contributed by atoms with Crippen LogP contribution in [-0.4, -0.2) is 52.6 Å². The highest BCUT2D eigenvalue weighted by atomic mass is 32.1. The van der Waals surface area contributed by atoms with Crippen LogP contribution in [0, 0.1) is 0 Å². The molecule has 1 fully saturated rings. The Morgan fingerprint density at radius 1 is 1.26 bits per heavy atom. The molecule has 3 heterocycles. The van der Waals surface area contributed by atoms with Crippen LogP contribution in [0.3, 0.4) is 0 Å². The van der Waals surface area contributed by atoms with Crippen LogP contribution in [0.2, 0.25) is 0 Å². The molecule has 0 aliphatic carbocycles. The molecule has 0 saturated carbocycles. The summed E-state index contributed by atoms with van der Waals surface area (Å²) >= 11 is 1.69. The van der Waals surface area contributed by atoms with E-state index in [1.165, 1.54) is 0 Å². The first-order valence-corrected chi connectivity index (χ1v) is 8.93. The monoisotopic (exact) mass is 333 g/mol. The Balaban J connectivity index is 1.51. The second-order valence-corrected chi connectivity index (χ2v) is 6.49. The van der Waals surface area contributed by atoms with Gasteiger partial charge in [0.1, 0.15) is 16.9 Å². The molecule has 0 radical (unpaired) electrons. The lowest BCUT2D eigenvalue weighted by Crippen LogP contribution is -2.46. The van der Waals surface area contributed by atoms with Crippen LogP contribution in [-0.2, 0) is 11.3 Å². The molecule has 0 N–H and O–H groups in total. The molecule has 2 aromatic rings. The Labute approximate surface area is 141 Å². The maximum absolute atomic E-state index is 5.61. The van der Waals surface area contributed by atoms with Gasteiger partial charge < -0.3 is 9.64 Å². The summed E-state index contributed by atoms with van der Waals surface area (Å²) in [4.78, 5) is 18.0. The SMILES string of the molecule is CCO[C@@H](C)c1nc(CN2CCN(c3cnccn3)CC2)cs1. The van der Waals surface area contributed by atoms with E-state index >= 15 is 0 Å². The Kier molecular flexibility index (Phi) is 5.53. The van der Waals surface area contributed by atoms with E-state index in [-0.39, 0.29) is 6.10 Å². The summed E-state index contributed by atoms with van der Waals surface area (Å²) in [6, 6.07) is 0. The van der Waals surface area contributed by atoms with Crippen molar-refractivity contribution in [3.05, 3.63) is 34.7 Å². The zero-order chi connectivity index (χ0) is 16.1. The molecule has 1 aliphatic heterocycles. The topological polar surface area (TPSA) is 54.4 Å². The molecule has 124 valence electrons. The minimum atomic E-state index is 0.0900. The number of hydrogen-bond donors (Lipinski definition) is 0. The van der Waals surface area contributed by atoms with Gasteiger partial charge in [0.2, 0.25) is 0 Å². The summed E-state index contributed by atoms with van der Waals surface area (Å²) in [6.45, 7) is 9.70. The maximum Gasteiger partial charge on any atom is 0.147 e. The number of ether oxygens (including phenoxy) is 1. The molecule has 7 heteroatoms. The third kappa shape index (κ3) is 4.25. The van der Waals surface area contributed by atoms with Crippen LogP contribution < -0.4 is 4.90 Å². The number of hydrogen-bond acceptors (Lipinski definition) is 7. The van der Waals surface area contributed by atoms with E-state index in [2.05, 4.69) is 32.1 Å². The molecule has 1 saturated heterocycles. The van der Waals surface area contributed by atoms with Crippen molar-refractivity contribution in [2.45, 2.75) is 26.5 Å². The third-order valence-electron chi connectivity index (χ3n) is 3.97. The summed E-state index contributed by atoms with van der Waals surface area (Å²) < 4.78 is 5.61. The molecule has 0 bridgehead atoms. The van der Waals surface area contributed by atoms with E-state index in [4.69, 9.17) is 9.72 Å². The van der Waals surface area contributed by atoms with Crippen molar-refractivity contribution in [3.8, 4) is 0 Å². The second kappa shape index (κ2) is 7.81. The van der Waals surface area contributed by atoms with E-state index in [1.54, 1.807) is 23.7 Å². The lowest BCUT2D eigenvalue weighted by Gasteiger charge is -2.34. The van der Waals surface area contributed by atoms with Crippen LogP contribution >= 0.6 is 11.3 Å². The number of anilines is 1. The average Bonchev–Trinajstić information content (AvgIpc) is 3.05. The van der Waals surface area contributed by atoms with Crippen molar-refractivity contribution in [3.63, 3.8) is 0 Å². The minimum Gasteiger partial charge on any atom is -0.372 e. The van der Waals surface area contributed by atoms with Crippen molar-refractivity contribution >= 4 is 17.2 Å². The molecule has 0 aromatic carbocycles. The second-order valence-electron chi connectivity index (χ2n) is 5.60. The predicted octanol–water partition coefficient (Wildman–Crippen LogP) is 2.35. The highest BCUT2D eigenvalue weighted by molar-refractivity contribution is 7.09. The number of nitrogens with zero attached hydrogens (tertiary/aromatic N) is 5. The van der Waals surface area contributed by atoms with Crippen LogP contribution in [0.15, 0.2) is 24.0 Å². The van der Waals surface area contributed by atoms with Crippen LogP contribution in [0.5, 0.6) is 0 Å². The van der Waals surface area contributed by atoms with Crippen molar-refractivity contribution in [1.82, 2.24) is 19.9 Å². The fourth-order valence-electron chi connectivity index (χ4n) is 2.72. The standard InChI is InChI=1S/C16H23N5OS/c1-3-22-13(2)16-19-14(12-23-16)11-20-6-8-21(9-7-20)15-10-17-4-5-18-15/h4-5,10,12-13H,3,6-9,11H2,1-2H3/t13-/m0/s1. The van der Waals surface area contributed by atoms with Gasteiger partial charge in [-0.15, -0.1) is 11.3 Å². The van der Waals surface area contributed by atoms with Gasteiger partial charge in [-0.05, 0) is 13.8 Å². The smallest absolute Gasteiger partial charge is 0.147 e. The lowest BCUT2D eigenvalue weighted by molar-refractivity contribution is 0.0760. The van der Waals surface area contributed by atoms with Gasteiger partial charge in [0.15, 0.2) is 0 Å². The number of rotatable bonds is 6. The van der Waals surface area contributed by atoms with E-state index in [0.29, 0.717) is 0 Å². The zero-order valence-electron chi connectivity index (χ0n) is 13.7. The summed E-state index contributed by atoms with van der Waals surface area (Å²) in [5.74, 6) is 0.966. The fraction of sp³-hybridized carbons (Fsp3) is 0.562. The van der Waals surface area contributed by atoms with Gasteiger partial charge in [0, 0.05) is 57.1 Å². The van der Waals surface area contributed by atoms with Gasteiger partial charge in [0.25, 0.3) is 0 Å². The Morgan fingerprint density at radius 3 is 2.78 bits per heavy atom. The summed E-state index contributed by atoms with van der Waals surface area (Å²) in [5.41, 5.74) is 1.14. The van der Waals surface area contributed by atoms with Crippen molar-refractivity contribution in [2.24, 2.45) is 0 Å². The quantitative estimate of drug-likeness (QED) is 0.809. The fourth-order valence-corrected chi connectivity index (χ4v) is 3.54. The zero-order valence-corrected chi connectivity index (χ0v) is 14.5. The summed E-state index contributed by atoms with van der Waals surface area (Å²) in [5, 5.41) is 3.22. The van der Waals surface area contributed by atoms with E-state index in [0.717, 1.165) is 55.9 Å². The normalized spacial score (nSPS) is 17.4. The maximum atomic E-state index is 5.61. The van der Waals surface area contributed by atoms with Gasteiger partial charge in [-0.25, -0.2) is 9.97 Å². The molecule has 0 spiro atoms. The molecule has 0 amide bonds. The van der Waals surface area contributed by atoms with Crippen LogP contribution in [0.4, 0.5) is 5.82 Å². The first kappa shape index (κ1) is 16.3. The molecule has 1 aliphatic rings. The molecule has 1 atom stereocenters. The average molecular weight is 333 g/mol. The highest BCUT2D eigenvalue weighted by Crippen LogP contribution is 2.22. The Hall–Kier alpha value is -1.57. The number of thiazole rings is 1. The number of piperazine rings is 1. The van der Waals surface area contributed by atoms with Gasteiger partial charge in [-0.3, -0.25) is 9.88 Å². The summed E-state index contributed by atoms with van der Waals surface area (Å²) in [6.07, 6.45) is 5.38. The molecular formula is C16H23N5OS. The van der Waals surface area contributed by atoms with Crippen molar-refractivity contribution in [2.75, 3.05) is 37.7 Å². The Morgan fingerprint density at radius 2 is 2.09 bits per heavy atom. The lowest BCUT2D eigenvalue weighted by atomic mass is 10.3. The molecule has 3 rings (SSSR count). The van der Waals surface area contributed by atoms with Gasteiger partial charge >= 0.3 is 0 Å². The van der Waals surface area contributed by atoms with Crippen molar-refractivity contribution in [1.29, 1.82) is 0 Å². The molecular weight excluding hydrogens is 310 g/mol. The summed E-state index contributed by atoms with van der Waals surface area (Å²) in [7, 11) is 0. The van der Waals surface area contributed by atoms with Crippen LogP contribution in [0.25, 0.3) is 0 Å². The minimum absolute atomic E-state index is 0.0900. The van der Waals surface area contributed by atoms with E-state index in [9.17, 15) is 0 Å². The van der Waals surface area contributed by atoms with Gasteiger partial charge in [0.05, 0.1) is 11.9 Å². The first-order chi connectivity index (χ1) is 11.3. The first-order valence-electron chi connectivity index (χ1n) is 8.05. The largest absolute Gasteiger partial charge is 0.372 e. The van der Waals surface area contributed by atoms with Crippen LogP contribution in [0.1, 0.15) is 30.7 Å².